The second-order valence-electron chi connectivity index (χ2n) is 7.19. The van der Waals surface area contributed by atoms with Crippen LogP contribution in [0.1, 0.15) is 29.3 Å². The largest absolute Gasteiger partial charge is 0.468 e. The fourth-order valence-electron chi connectivity index (χ4n) is 3.75. The van der Waals surface area contributed by atoms with Gasteiger partial charge in [-0.05, 0) is 24.1 Å². The summed E-state index contributed by atoms with van der Waals surface area (Å²) >= 11 is 0. The summed E-state index contributed by atoms with van der Waals surface area (Å²) in [4.78, 5) is 27.8. The van der Waals surface area contributed by atoms with E-state index in [0.29, 0.717) is 30.9 Å². The van der Waals surface area contributed by atoms with Gasteiger partial charge < -0.3 is 14.6 Å². The fraction of sp³-hybridized carbons (Fsp3) is 0.273. The zero-order valence-corrected chi connectivity index (χ0v) is 16.5. The van der Waals surface area contributed by atoms with Crippen LogP contribution in [0, 0.1) is 0 Å². The van der Waals surface area contributed by atoms with Crippen LogP contribution in [0.15, 0.2) is 75.0 Å². The maximum absolute atomic E-state index is 13.1. The molecule has 0 radical (unpaired) electrons. The van der Waals surface area contributed by atoms with Gasteiger partial charge in [0, 0.05) is 32.9 Å². The third-order valence-corrected chi connectivity index (χ3v) is 5.24. The van der Waals surface area contributed by atoms with Gasteiger partial charge in [0.05, 0.1) is 18.4 Å². The van der Waals surface area contributed by atoms with E-state index in [1.54, 1.807) is 17.9 Å². The first kappa shape index (κ1) is 19.0. The number of nitrogens with zero attached hydrogens (tertiary/aromatic N) is 3. The van der Waals surface area contributed by atoms with Gasteiger partial charge in [-0.15, -0.1) is 0 Å². The quantitative estimate of drug-likeness (QED) is 0.722. The van der Waals surface area contributed by atoms with E-state index in [9.17, 15) is 9.59 Å². The van der Waals surface area contributed by atoms with Crippen molar-refractivity contribution < 1.29 is 4.42 Å². The van der Waals surface area contributed by atoms with Crippen LogP contribution in [-0.4, -0.2) is 9.13 Å². The predicted octanol–water partition coefficient (Wildman–Crippen LogP) is 2.43. The highest BCUT2D eigenvalue weighted by Gasteiger charge is 2.28. The molecule has 0 saturated heterocycles. The fourth-order valence-corrected chi connectivity index (χ4v) is 3.75. The Hall–Kier alpha value is -3.32. The van der Waals surface area contributed by atoms with Crippen LogP contribution in [0.25, 0.3) is 0 Å². The summed E-state index contributed by atoms with van der Waals surface area (Å²) in [7, 11) is 3.23. The lowest BCUT2D eigenvalue weighted by Gasteiger charge is -2.27. The van der Waals surface area contributed by atoms with Gasteiger partial charge in [-0.2, -0.15) is 0 Å². The molecule has 1 aliphatic heterocycles. The Kier molecular flexibility index (Phi) is 5.22. The Morgan fingerprint density at radius 2 is 1.86 bits per heavy atom. The van der Waals surface area contributed by atoms with Crippen LogP contribution < -0.4 is 21.5 Å². The molecule has 4 rings (SSSR count). The maximum atomic E-state index is 13.1. The van der Waals surface area contributed by atoms with Crippen molar-refractivity contribution in [3.8, 4) is 0 Å². The van der Waals surface area contributed by atoms with Gasteiger partial charge in [-0.1, -0.05) is 36.4 Å². The van der Waals surface area contributed by atoms with Crippen molar-refractivity contribution in [2.24, 2.45) is 14.1 Å². The zero-order chi connectivity index (χ0) is 20.4. The van der Waals surface area contributed by atoms with Gasteiger partial charge in [0.1, 0.15) is 11.6 Å². The molecule has 150 valence electrons. The second kappa shape index (κ2) is 7.97. The molecule has 1 unspecified atom stereocenters. The highest BCUT2D eigenvalue weighted by Crippen LogP contribution is 2.29. The van der Waals surface area contributed by atoms with E-state index in [1.807, 2.05) is 59.6 Å². The van der Waals surface area contributed by atoms with E-state index in [0.717, 1.165) is 11.3 Å². The standard InChI is InChI=1S/C22H24N4O3/c1-24-20-19(21(27)25(2)22(24)28)18(23-14-17-10-7-13-29-17)11-6-12-26(20)15-16-8-4-3-5-9-16/h3-10,12-13,18,23H,11,14-15H2,1-2H3. The van der Waals surface area contributed by atoms with Crippen molar-refractivity contribution >= 4 is 5.82 Å². The molecule has 0 saturated carbocycles. The molecule has 29 heavy (non-hydrogen) atoms. The minimum absolute atomic E-state index is 0.238. The summed E-state index contributed by atoms with van der Waals surface area (Å²) in [5, 5.41) is 3.42. The molecule has 0 spiro atoms. The minimum Gasteiger partial charge on any atom is -0.468 e. The number of furan rings is 1. The van der Waals surface area contributed by atoms with Gasteiger partial charge in [0.2, 0.25) is 0 Å². The Bertz CT molecular complexity index is 1130. The number of nitrogens with one attached hydrogen (secondary N) is 1. The highest BCUT2D eigenvalue weighted by atomic mass is 16.3. The van der Waals surface area contributed by atoms with E-state index in [1.165, 1.54) is 11.6 Å². The normalized spacial score (nSPS) is 15.9. The molecule has 3 aromatic rings. The number of hydrogen-bond acceptors (Lipinski definition) is 5. The molecule has 0 aliphatic carbocycles. The lowest BCUT2D eigenvalue weighted by molar-refractivity contribution is 0.446. The first-order chi connectivity index (χ1) is 14.1. The van der Waals surface area contributed by atoms with Crippen molar-refractivity contribution in [2.45, 2.75) is 25.6 Å². The Balaban J connectivity index is 1.78. The molecule has 1 N–H and O–H groups in total. The summed E-state index contributed by atoms with van der Waals surface area (Å²) in [5.74, 6) is 1.41. The number of rotatable bonds is 5. The molecule has 2 aromatic heterocycles. The number of hydrogen-bond donors (Lipinski definition) is 1. The van der Waals surface area contributed by atoms with Gasteiger partial charge in [0.25, 0.3) is 5.56 Å². The summed E-state index contributed by atoms with van der Waals surface area (Å²) in [5.41, 5.74) is 1.06. The average Bonchev–Trinajstić information content (AvgIpc) is 3.19. The monoisotopic (exact) mass is 392 g/mol. The van der Waals surface area contributed by atoms with Crippen LogP contribution in [0.4, 0.5) is 5.82 Å². The van der Waals surface area contributed by atoms with E-state index >= 15 is 0 Å². The molecule has 7 heteroatoms. The molecule has 7 nitrogen and oxygen atoms in total. The molecular weight excluding hydrogens is 368 g/mol. The first-order valence-corrected chi connectivity index (χ1v) is 9.59. The van der Waals surface area contributed by atoms with Crippen molar-refractivity contribution in [2.75, 3.05) is 4.90 Å². The van der Waals surface area contributed by atoms with Crippen LogP contribution in [0.3, 0.4) is 0 Å². The summed E-state index contributed by atoms with van der Waals surface area (Å²) in [6.07, 6.45) is 6.25. The topological polar surface area (TPSA) is 72.4 Å². The molecule has 0 fully saturated rings. The number of fused-ring (bicyclic) bond motifs is 1. The van der Waals surface area contributed by atoms with E-state index in [2.05, 4.69) is 5.32 Å². The van der Waals surface area contributed by atoms with Gasteiger partial charge in [-0.25, -0.2) is 4.79 Å². The van der Waals surface area contributed by atoms with Crippen molar-refractivity contribution in [1.82, 2.24) is 14.5 Å². The van der Waals surface area contributed by atoms with Crippen LogP contribution >= 0.6 is 0 Å². The van der Waals surface area contributed by atoms with Gasteiger partial charge in [-0.3, -0.25) is 13.9 Å². The maximum Gasteiger partial charge on any atom is 0.332 e. The number of aromatic nitrogens is 2. The third-order valence-electron chi connectivity index (χ3n) is 5.24. The van der Waals surface area contributed by atoms with Crippen LogP contribution in [-0.2, 0) is 27.2 Å². The van der Waals surface area contributed by atoms with Crippen LogP contribution in [0.2, 0.25) is 0 Å². The predicted molar refractivity (Wildman–Crippen MR) is 112 cm³/mol. The van der Waals surface area contributed by atoms with Crippen molar-refractivity contribution in [1.29, 1.82) is 0 Å². The summed E-state index contributed by atoms with van der Waals surface area (Å²) in [6, 6.07) is 13.5. The molecule has 1 aliphatic rings. The molecule has 0 bridgehead atoms. The Morgan fingerprint density at radius 3 is 2.59 bits per heavy atom. The van der Waals surface area contributed by atoms with Gasteiger partial charge >= 0.3 is 5.69 Å². The highest BCUT2D eigenvalue weighted by molar-refractivity contribution is 5.53. The number of benzene rings is 1. The molecule has 3 heterocycles. The third kappa shape index (κ3) is 3.69. The second-order valence-corrected chi connectivity index (χ2v) is 7.19. The molecular formula is C22H24N4O3. The Morgan fingerprint density at radius 1 is 1.07 bits per heavy atom. The van der Waals surface area contributed by atoms with Crippen molar-refractivity contribution in [3.05, 3.63) is 98.7 Å². The van der Waals surface area contributed by atoms with E-state index < -0.39 is 0 Å². The van der Waals surface area contributed by atoms with Gasteiger partial charge in [0.15, 0.2) is 0 Å². The first-order valence-electron chi connectivity index (χ1n) is 9.59. The lowest BCUT2D eigenvalue weighted by Crippen LogP contribution is -2.43. The van der Waals surface area contributed by atoms with E-state index in [-0.39, 0.29) is 17.3 Å². The smallest absolute Gasteiger partial charge is 0.332 e. The minimum atomic E-state index is -0.341. The Labute approximate surface area is 168 Å². The number of anilines is 1. The summed E-state index contributed by atoms with van der Waals surface area (Å²) < 4.78 is 8.14. The SMILES string of the molecule is Cn1c2c(c(=O)n(C)c1=O)C(NCc1ccco1)CC=CN2Cc1ccccc1. The summed E-state index contributed by atoms with van der Waals surface area (Å²) in [6.45, 7) is 1.06. The lowest BCUT2D eigenvalue weighted by atomic mass is 10.1. The molecule has 1 aromatic carbocycles. The average molecular weight is 392 g/mol. The zero-order valence-electron chi connectivity index (χ0n) is 16.5. The van der Waals surface area contributed by atoms with E-state index in [4.69, 9.17) is 4.42 Å². The van der Waals surface area contributed by atoms with Crippen molar-refractivity contribution in [3.63, 3.8) is 0 Å². The molecule has 1 atom stereocenters. The molecule has 0 amide bonds. The van der Waals surface area contributed by atoms with Crippen LogP contribution in [0.5, 0.6) is 0 Å².